The van der Waals surface area contributed by atoms with E-state index in [0.29, 0.717) is 10.9 Å². The van der Waals surface area contributed by atoms with E-state index in [-0.39, 0.29) is 5.82 Å². The van der Waals surface area contributed by atoms with Gasteiger partial charge in [0.25, 0.3) is 0 Å². The van der Waals surface area contributed by atoms with Crippen molar-refractivity contribution in [3.05, 3.63) is 107 Å². The predicted octanol–water partition coefficient (Wildman–Crippen LogP) is 7.70. The van der Waals surface area contributed by atoms with Gasteiger partial charge < -0.3 is 0 Å². The van der Waals surface area contributed by atoms with Crippen molar-refractivity contribution >= 4 is 10.8 Å². The minimum absolute atomic E-state index is 0.250. The monoisotopic (exact) mass is 392 g/mol. The SMILES string of the molecule is CCCCc1ccc(-c2ccc(C#Cc3ccc4cc(C)ccc4c3F)cc2)cc1. The molecular formula is C29H25F. The van der Waals surface area contributed by atoms with Gasteiger partial charge in [0.05, 0.1) is 5.56 Å². The van der Waals surface area contributed by atoms with E-state index >= 15 is 0 Å². The number of rotatable bonds is 4. The molecule has 0 aliphatic carbocycles. The Morgan fingerprint density at radius 1 is 0.767 bits per heavy atom. The van der Waals surface area contributed by atoms with Crippen molar-refractivity contribution in [2.24, 2.45) is 0 Å². The molecule has 0 saturated heterocycles. The highest BCUT2D eigenvalue weighted by Gasteiger charge is 2.05. The molecule has 0 nitrogen and oxygen atoms in total. The Bertz CT molecular complexity index is 1220. The third-order valence-corrected chi connectivity index (χ3v) is 5.44. The summed E-state index contributed by atoms with van der Waals surface area (Å²) in [5.74, 6) is 5.85. The Morgan fingerprint density at radius 3 is 2.17 bits per heavy atom. The number of aryl methyl sites for hydroxylation is 2. The zero-order valence-corrected chi connectivity index (χ0v) is 17.5. The molecule has 0 amide bonds. The summed E-state index contributed by atoms with van der Waals surface area (Å²) >= 11 is 0. The van der Waals surface area contributed by atoms with Gasteiger partial charge in [0.15, 0.2) is 0 Å². The van der Waals surface area contributed by atoms with Crippen LogP contribution in [0.5, 0.6) is 0 Å². The van der Waals surface area contributed by atoms with E-state index in [2.05, 4.69) is 55.2 Å². The molecule has 0 aliphatic rings. The molecule has 0 N–H and O–H groups in total. The van der Waals surface area contributed by atoms with E-state index in [1.807, 2.05) is 43.3 Å². The smallest absolute Gasteiger partial charge is 0.146 e. The largest absolute Gasteiger partial charge is 0.205 e. The van der Waals surface area contributed by atoms with Gasteiger partial charge in [0.2, 0.25) is 0 Å². The summed E-state index contributed by atoms with van der Waals surface area (Å²) in [6, 6.07) is 26.4. The van der Waals surface area contributed by atoms with Crippen LogP contribution in [0.25, 0.3) is 21.9 Å². The topological polar surface area (TPSA) is 0 Å². The highest BCUT2D eigenvalue weighted by atomic mass is 19.1. The molecule has 1 heteroatoms. The van der Waals surface area contributed by atoms with Gasteiger partial charge in [-0.2, -0.15) is 0 Å². The second-order valence-electron chi connectivity index (χ2n) is 7.78. The van der Waals surface area contributed by atoms with E-state index in [9.17, 15) is 4.39 Å². The number of unbranched alkanes of at least 4 members (excludes halogenated alkanes) is 1. The molecule has 0 bridgehead atoms. The molecule has 0 spiro atoms. The lowest BCUT2D eigenvalue weighted by molar-refractivity contribution is 0.636. The number of benzene rings is 4. The standard InChI is InChI=1S/C29H25F/c1-3-4-5-22-7-12-24(13-8-22)25-14-9-23(10-15-25)11-16-26-17-18-27-20-21(2)6-19-28(27)29(26)30/h6-10,12-15,17-20H,3-5H2,1-2H3. The highest BCUT2D eigenvalue weighted by molar-refractivity contribution is 5.85. The zero-order chi connectivity index (χ0) is 20.9. The molecule has 0 aliphatic heterocycles. The summed E-state index contributed by atoms with van der Waals surface area (Å²) in [6.45, 7) is 4.23. The van der Waals surface area contributed by atoms with Crippen molar-refractivity contribution in [1.29, 1.82) is 0 Å². The summed E-state index contributed by atoms with van der Waals surface area (Å²) in [5.41, 5.74) is 6.17. The van der Waals surface area contributed by atoms with Crippen LogP contribution in [0.15, 0.2) is 78.9 Å². The Balaban J connectivity index is 1.53. The van der Waals surface area contributed by atoms with E-state index in [0.717, 1.165) is 28.5 Å². The Hall–Kier alpha value is -3.37. The van der Waals surface area contributed by atoms with Crippen molar-refractivity contribution in [2.75, 3.05) is 0 Å². The fraction of sp³-hybridized carbons (Fsp3) is 0.172. The molecule has 0 atom stereocenters. The molecule has 0 radical (unpaired) electrons. The maximum atomic E-state index is 14.8. The van der Waals surface area contributed by atoms with Crippen LogP contribution >= 0.6 is 0 Å². The first-order chi connectivity index (χ1) is 14.6. The normalized spacial score (nSPS) is 10.6. The molecule has 30 heavy (non-hydrogen) atoms. The van der Waals surface area contributed by atoms with Crippen LogP contribution in [0.1, 0.15) is 42.0 Å². The van der Waals surface area contributed by atoms with Crippen LogP contribution in [0.4, 0.5) is 4.39 Å². The van der Waals surface area contributed by atoms with E-state index in [1.54, 1.807) is 6.07 Å². The first kappa shape index (κ1) is 19.9. The van der Waals surface area contributed by atoms with Crippen molar-refractivity contribution in [3.8, 4) is 23.0 Å². The van der Waals surface area contributed by atoms with Gasteiger partial charge in [0, 0.05) is 10.9 Å². The lowest BCUT2D eigenvalue weighted by Crippen LogP contribution is -1.87. The maximum Gasteiger partial charge on any atom is 0.146 e. The minimum atomic E-state index is -0.250. The summed E-state index contributed by atoms with van der Waals surface area (Å²) in [4.78, 5) is 0. The fourth-order valence-corrected chi connectivity index (χ4v) is 3.64. The van der Waals surface area contributed by atoms with Crippen molar-refractivity contribution in [3.63, 3.8) is 0 Å². The molecule has 0 fully saturated rings. The Labute approximate surface area is 178 Å². The molecule has 4 aromatic rings. The van der Waals surface area contributed by atoms with Gasteiger partial charge in [0.1, 0.15) is 5.82 Å². The quantitative estimate of drug-likeness (QED) is 0.312. The number of hydrogen-bond acceptors (Lipinski definition) is 0. The minimum Gasteiger partial charge on any atom is -0.205 e. The third kappa shape index (κ3) is 4.44. The van der Waals surface area contributed by atoms with Gasteiger partial charge in [-0.3, -0.25) is 0 Å². The summed E-state index contributed by atoms with van der Waals surface area (Å²) in [7, 11) is 0. The van der Waals surface area contributed by atoms with Gasteiger partial charge in [-0.05, 0) is 60.0 Å². The van der Waals surface area contributed by atoms with Crippen LogP contribution in [0.3, 0.4) is 0 Å². The van der Waals surface area contributed by atoms with Crippen molar-refractivity contribution in [2.45, 2.75) is 33.1 Å². The average Bonchev–Trinajstić information content (AvgIpc) is 2.78. The van der Waals surface area contributed by atoms with E-state index in [1.165, 1.54) is 24.0 Å². The fourth-order valence-electron chi connectivity index (χ4n) is 3.64. The first-order valence-corrected chi connectivity index (χ1v) is 10.5. The Morgan fingerprint density at radius 2 is 1.47 bits per heavy atom. The Kier molecular flexibility index (Phi) is 5.96. The van der Waals surface area contributed by atoms with Crippen LogP contribution in [-0.2, 0) is 6.42 Å². The summed E-state index contributed by atoms with van der Waals surface area (Å²) in [6.07, 6.45) is 3.58. The van der Waals surface area contributed by atoms with Crippen LogP contribution in [-0.4, -0.2) is 0 Å². The molecule has 4 rings (SSSR count). The average molecular weight is 393 g/mol. The lowest BCUT2D eigenvalue weighted by atomic mass is 10.0. The highest BCUT2D eigenvalue weighted by Crippen LogP contribution is 2.23. The number of halogens is 1. The zero-order valence-electron chi connectivity index (χ0n) is 17.5. The van der Waals surface area contributed by atoms with Crippen LogP contribution in [0.2, 0.25) is 0 Å². The molecule has 0 unspecified atom stereocenters. The molecule has 0 aromatic heterocycles. The molecule has 148 valence electrons. The van der Waals surface area contributed by atoms with Gasteiger partial charge in [-0.25, -0.2) is 4.39 Å². The molecule has 0 heterocycles. The van der Waals surface area contributed by atoms with Crippen LogP contribution < -0.4 is 0 Å². The van der Waals surface area contributed by atoms with Crippen molar-refractivity contribution < 1.29 is 4.39 Å². The van der Waals surface area contributed by atoms with Crippen LogP contribution in [0, 0.1) is 24.6 Å². The number of fused-ring (bicyclic) bond motifs is 1. The van der Waals surface area contributed by atoms with E-state index in [4.69, 9.17) is 0 Å². The lowest BCUT2D eigenvalue weighted by Gasteiger charge is -2.05. The number of hydrogen-bond donors (Lipinski definition) is 0. The second-order valence-corrected chi connectivity index (χ2v) is 7.78. The van der Waals surface area contributed by atoms with Gasteiger partial charge >= 0.3 is 0 Å². The molecule has 0 saturated carbocycles. The predicted molar refractivity (Wildman–Crippen MR) is 125 cm³/mol. The molecule has 4 aromatic carbocycles. The second kappa shape index (κ2) is 8.97. The maximum absolute atomic E-state index is 14.8. The van der Waals surface area contributed by atoms with E-state index < -0.39 is 0 Å². The third-order valence-electron chi connectivity index (χ3n) is 5.44. The van der Waals surface area contributed by atoms with Gasteiger partial charge in [-0.1, -0.05) is 91.4 Å². The summed E-state index contributed by atoms with van der Waals surface area (Å²) in [5, 5.41) is 1.52. The molecular weight excluding hydrogens is 367 g/mol. The summed E-state index contributed by atoms with van der Waals surface area (Å²) < 4.78 is 14.8. The first-order valence-electron chi connectivity index (χ1n) is 10.5. The van der Waals surface area contributed by atoms with Gasteiger partial charge in [-0.15, -0.1) is 0 Å². The van der Waals surface area contributed by atoms with Crippen molar-refractivity contribution in [1.82, 2.24) is 0 Å².